The van der Waals surface area contributed by atoms with Crippen molar-refractivity contribution in [3.8, 4) is 17.6 Å². The van der Waals surface area contributed by atoms with Gasteiger partial charge in [0.15, 0.2) is 0 Å². The van der Waals surface area contributed by atoms with E-state index in [1.54, 1.807) is 17.4 Å². The van der Waals surface area contributed by atoms with E-state index in [9.17, 15) is 5.11 Å². The lowest BCUT2D eigenvalue weighted by molar-refractivity contribution is 0.480. The first kappa shape index (κ1) is 10.9. The van der Waals surface area contributed by atoms with Gasteiger partial charge in [0.25, 0.3) is 0 Å². The highest BCUT2D eigenvalue weighted by molar-refractivity contribution is 7.18. The summed E-state index contributed by atoms with van der Waals surface area (Å²) in [7, 11) is 0. The maximum atomic E-state index is 9.77. The molecule has 0 unspecified atom stereocenters. The van der Waals surface area contributed by atoms with Gasteiger partial charge in [0.1, 0.15) is 11.3 Å². The van der Waals surface area contributed by atoms with Crippen molar-refractivity contribution in [2.45, 2.75) is 13.3 Å². The van der Waals surface area contributed by atoms with Crippen molar-refractivity contribution in [3.63, 3.8) is 0 Å². The van der Waals surface area contributed by atoms with Gasteiger partial charge in [0, 0.05) is 18.5 Å². The number of fused-ring (bicyclic) bond motifs is 1. The second-order valence-electron chi connectivity index (χ2n) is 3.42. The van der Waals surface area contributed by atoms with Gasteiger partial charge in [-0.1, -0.05) is 11.8 Å². The Hall–Kier alpha value is -1.57. The smallest absolute Gasteiger partial charge is 0.143 e. The van der Waals surface area contributed by atoms with Crippen LogP contribution in [0.2, 0.25) is 0 Å². The summed E-state index contributed by atoms with van der Waals surface area (Å²) >= 11 is 1.56. The molecule has 3 N–H and O–H groups in total. The zero-order valence-electron chi connectivity index (χ0n) is 8.95. The minimum Gasteiger partial charge on any atom is -0.506 e. The van der Waals surface area contributed by atoms with Crippen molar-refractivity contribution in [2.75, 3.05) is 6.54 Å². The molecule has 0 bridgehead atoms. The molecule has 2 aromatic rings. The third-order valence-electron chi connectivity index (χ3n) is 2.08. The molecule has 0 fully saturated rings. The summed E-state index contributed by atoms with van der Waals surface area (Å²) in [5, 5.41) is 10.7. The Morgan fingerprint density at radius 1 is 1.50 bits per heavy atom. The molecule has 0 amide bonds. The number of aromatic hydroxyl groups is 1. The van der Waals surface area contributed by atoms with Crippen LogP contribution in [0.1, 0.15) is 17.0 Å². The van der Waals surface area contributed by atoms with Crippen LogP contribution in [0.3, 0.4) is 0 Å². The molecule has 4 heteroatoms. The number of phenols is 1. The molecular formula is C12H12N2OS. The number of nitrogens with zero attached hydrogens (tertiary/aromatic N) is 1. The minimum absolute atomic E-state index is 0.193. The highest BCUT2D eigenvalue weighted by Crippen LogP contribution is 2.29. The second kappa shape index (κ2) is 4.52. The third-order valence-corrected chi connectivity index (χ3v) is 3.00. The number of thiazole rings is 1. The van der Waals surface area contributed by atoms with Gasteiger partial charge in [-0.05, 0) is 19.1 Å². The molecule has 3 nitrogen and oxygen atoms in total. The fourth-order valence-corrected chi connectivity index (χ4v) is 2.32. The Labute approximate surface area is 97.9 Å². The van der Waals surface area contributed by atoms with Crippen LogP contribution in [0, 0.1) is 18.8 Å². The van der Waals surface area contributed by atoms with E-state index in [4.69, 9.17) is 5.73 Å². The molecule has 0 saturated heterocycles. The summed E-state index contributed by atoms with van der Waals surface area (Å²) in [6.45, 7) is 2.48. The van der Waals surface area contributed by atoms with Crippen molar-refractivity contribution < 1.29 is 5.11 Å². The largest absolute Gasteiger partial charge is 0.506 e. The standard InChI is InChI=1S/C12H12N2OS/c1-8-14-12-10(15)6-9(4-2-3-5-13)7-11(12)16-8/h6-7,15H,3,5,13H2,1H3. The maximum Gasteiger partial charge on any atom is 0.143 e. The van der Waals surface area contributed by atoms with Gasteiger partial charge >= 0.3 is 0 Å². The lowest BCUT2D eigenvalue weighted by atomic mass is 10.2. The number of hydrogen-bond acceptors (Lipinski definition) is 4. The van der Waals surface area contributed by atoms with E-state index in [0.717, 1.165) is 15.3 Å². The number of aromatic nitrogens is 1. The number of hydrogen-bond donors (Lipinski definition) is 2. The first-order valence-corrected chi connectivity index (χ1v) is 5.81. The van der Waals surface area contributed by atoms with Crippen LogP contribution in [-0.2, 0) is 0 Å². The van der Waals surface area contributed by atoms with E-state index in [0.29, 0.717) is 18.5 Å². The fourth-order valence-electron chi connectivity index (χ4n) is 1.43. The predicted molar refractivity (Wildman–Crippen MR) is 66.6 cm³/mol. The van der Waals surface area contributed by atoms with Crippen molar-refractivity contribution in [3.05, 3.63) is 22.7 Å². The van der Waals surface area contributed by atoms with Crippen LogP contribution < -0.4 is 5.73 Å². The molecule has 0 aliphatic carbocycles. The Kier molecular flexibility index (Phi) is 3.09. The van der Waals surface area contributed by atoms with Crippen LogP contribution in [0.5, 0.6) is 5.75 Å². The first-order valence-electron chi connectivity index (χ1n) is 5.00. The zero-order chi connectivity index (χ0) is 11.5. The van der Waals surface area contributed by atoms with Crippen LogP contribution >= 0.6 is 11.3 Å². The molecule has 16 heavy (non-hydrogen) atoms. The minimum atomic E-state index is 0.193. The van der Waals surface area contributed by atoms with Gasteiger partial charge in [-0.2, -0.15) is 0 Å². The molecule has 1 heterocycles. The second-order valence-corrected chi connectivity index (χ2v) is 4.65. The van der Waals surface area contributed by atoms with Crippen molar-refractivity contribution in [1.82, 2.24) is 4.98 Å². The lowest BCUT2D eigenvalue weighted by Gasteiger charge is -1.95. The molecular weight excluding hydrogens is 220 g/mol. The number of nitrogens with two attached hydrogens (primary N) is 1. The summed E-state index contributed by atoms with van der Waals surface area (Å²) < 4.78 is 0.967. The van der Waals surface area contributed by atoms with Crippen LogP contribution in [0.25, 0.3) is 10.2 Å². The monoisotopic (exact) mass is 232 g/mol. The zero-order valence-corrected chi connectivity index (χ0v) is 9.77. The average molecular weight is 232 g/mol. The maximum absolute atomic E-state index is 9.77. The Bertz CT molecular complexity index is 578. The van der Waals surface area contributed by atoms with E-state index >= 15 is 0 Å². The van der Waals surface area contributed by atoms with Crippen molar-refractivity contribution in [1.29, 1.82) is 0 Å². The Morgan fingerprint density at radius 2 is 2.31 bits per heavy atom. The highest BCUT2D eigenvalue weighted by atomic mass is 32.1. The highest BCUT2D eigenvalue weighted by Gasteiger charge is 2.06. The van der Waals surface area contributed by atoms with Crippen molar-refractivity contribution >= 4 is 21.6 Å². The van der Waals surface area contributed by atoms with E-state index < -0.39 is 0 Å². The molecule has 0 aliphatic rings. The van der Waals surface area contributed by atoms with E-state index in [-0.39, 0.29) is 5.75 Å². The predicted octanol–water partition coefficient (Wildman–Crippen LogP) is 2.01. The quantitative estimate of drug-likeness (QED) is 0.739. The summed E-state index contributed by atoms with van der Waals surface area (Å²) in [6.07, 6.45) is 0.667. The molecule has 0 radical (unpaired) electrons. The van der Waals surface area contributed by atoms with Gasteiger partial charge in [-0.3, -0.25) is 0 Å². The van der Waals surface area contributed by atoms with Gasteiger partial charge in [0.2, 0.25) is 0 Å². The fraction of sp³-hybridized carbons (Fsp3) is 0.250. The lowest BCUT2D eigenvalue weighted by Crippen LogP contribution is -1.95. The van der Waals surface area contributed by atoms with Crippen molar-refractivity contribution in [2.24, 2.45) is 5.73 Å². The molecule has 2 rings (SSSR count). The van der Waals surface area contributed by atoms with Crippen LogP contribution in [-0.4, -0.2) is 16.6 Å². The average Bonchev–Trinajstić information content (AvgIpc) is 2.60. The number of aryl methyl sites for hydroxylation is 1. The number of phenolic OH excluding ortho intramolecular Hbond substituents is 1. The Morgan fingerprint density at radius 3 is 3.06 bits per heavy atom. The summed E-state index contributed by atoms with van der Waals surface area (Å²) in [5.74, 6) is 6.12. The molecule has 1 aromatic carbocycles. The topological polar surface area (TPSA) is 59.1 Å². The van der Waals surface area contributed by atoms with Gasteiger partial charge < -0.3 is 10.8 Å². The SMILES string of the molecule is Cc1nc2c(O)cc(C#CCCN)cc2s1. The van der Waals surface area contributed by atoms with E-state index in [1.807, 2.05) is 13.0 Å². The number of benzene rings is 1. The van der Waals surface area contributed by atoms with Gasteiger partial charge in [-0.15, -0.1) is 11.3 Å². The molecule has 0 spiro atoms. The van der Waals surface area contributed by atoms with E-state index in [1.165, 1.54) is 0 Å². The molecule has 0 aliphatic heterocycles. The molecule has 0 saturated carbocycles. The Balaban J connectivity index is 2.46. The number of rotatable bonds is 1. The first-order chi connectivity index (χ1) is 7.70. The molecule has 82 valence electrons. The summed E-state index contributed by atoms with van der Waals surface area (Å²) in [4.78, 5) is 4.25. The summed E-state index contributed by atoms with van der Waals surface area (Å²) in [5.41, 5.74) is 6.82. The van der Waals surface area contributed by atoms with Gasteiger partial charge in [0.05, 0.1) is 9.71 Å². The summed E-state index contributed by atoms with van der Waals surface area (Å²) in [6, 6.07) is 3.59. The molecule has 0 atom stereocenters. The normalized spacial score (nSPS) is 10.1. The molecule has 1 aromatic heterocycles. The van der Waals surface area contributed by atoms with Crippen LogP contribution in [0.4, 0.5) is 0 Å². The third kappa shape index (κ3) is 2.16. The van der Waals surface area contributed by atoms with Gasteiger partial charge in [-0.25, -0.2) is 4.98 Å². The van der Waals surface area contributed by atoms with Crippen LogP contribution in [0.15, 0.2) is 12.1 Å². The van der Waals surface area contributed by atoms with E-state index in [2.05, 4.69) is 16.8 Å².